The molecule has 0 bridgehead atoms. The summed E-state index contributed by atoms with van der Waals surface area (Å²) in [6.45, 7) is 4.79. The lowest BCUT2D eigenvalue weighted by molar-refractivity contribution is -0.120. The number of amides is 2. The number of aromatic nitrogens is 3. The van der Waals surface area contributed by atoms with Crippen LogP contribution in [-0.2, 0) is 17.8 Å². The number of aliphatic imine (C=N–C) groups is 1. The topological polar surface area (TPSA) is 119 Å². The normalized spacial score (nSPS) is 21.3. The number of rotatable bonds is 7. The van der Waals surface area contributed by atoms with E-state index in [1.165, 1.54) is 0 Å². The van der Waals surface area contributed by atoms with E-state index in [1.54, 1.807) is 11.9 Å². The van der Waals surface area contributed by atoms with Gasteiger partial charge in [0.1, 0.15) is 24.2 Å². The van der Waals surface area contributed by atoms with Crippen molar-refractivity contribution in [3.05, 3.63) is 83.6 Å². The van der Waals surface area contributed by atoms with Gasteiger partial charge in [0.2, 0.25) is 5.82 Å². The lowest BCUT2D eigenvalue weighted by Crippen LogP contribution is -2.49. The highest BCUT2D eigenvalue weighted by atomic mass is 16.5. The van der Waals surface area contributed by atoms with Crippen molar-refractivity contribution in [2.45, 2.75) is 31.5 Å². The number of nitrogens with zero attached hydrogens (tertiary/aromatic N) is 6. The second-order valence-electron chi connectivity index (χ2n) is 10.6. The summed E-state index contributed by atoms with van der Waals surface area (Å²) in [5.41, 5.74) is 2.85. The van der Waals surface area contributed by atoms with E-state index < -0.39 is 11.9 Å². The second-order valence-corrected chi connectivity index (χ2v) is 10.6. The number of fused-ring (bicyclic) bond motifs is 1. The number of nitrogens with one attached hydrogen (secondary N) is 2. The van der Waals surface area contributed by atoms with E-state index in [2.05, 4.69) is 41.4 Å². The molecule has 4 heterocycles. The minimum absolute atomic E-state index is 0.0110. The van der Waals surface area contributed by atoms with E-state index in [9.17, 15) is 9.59 Å². The van der Waals surface area contributed by atoms with Crippen LogP contribution in [0.1, 0.15) is 34.0 Å². The first-order valence-corrected chi connectivity index (χ1v) is 14.0. The van der Waals surface area contributed by atoms with Gasteiger partial charge in [0, 0.05) is 71.1 Å². The van der Waals surface area contributed by atoms with Gasteiger partial charge in [-0.25, -0.2) is 4.98 Å². The number of H-pyrrole nitrogens is 1. The molecule has 1 saturated heterocycles. The molecule has 212 valence electrons. The third kappa shape index (κ3) is 6.21. The quantitative estimate of drug-likeness (QED) is 0.459. The van der Waals surface area contributed by atoms with E-state index in [-0.39, 0.29) is 18.3 Å². The number of piperazine rings is 1. The third-order valence-electron chi connectivity index (χ3n) is 7.80. The standard InChI is InChI=1S/C30H34N8O3/c1-36-25-17-22(19-37-13-15-38(16-14-37)23-9-11-31-12-10-23)7-8-26(25)41-20-24(30(36)40)32-29(39)28-33-27(34-35-28)18-21-5-3-2-4-6-21/h2-9,11-12,17,23-24H,10,13-16,18-20H2,1H3,(H,32,39)(H,33,34,35)/t23?,24-/m1/s1. The molecule has 3 aliphatic rings. The number of likely N-dealkylation sites (N-methyl/N-ethyl adjacent to an activating group) is 1. The van der Waals surface area contributed by atoms with Gasteiger partial charge >= 0.3 is 0 Å². The van der Waals surface area contributed by atoms with Crippen molar-refractivity contribution in [1.82, 2.24) is 30.3 Å². The first-order valence-electron chi connectivity index (χ1n) is 14.0. The number of carbonyl (C=O) groups is 2. The fourth-order valence-electron chi connectivity index (χ4n) is 5.47. The predicted octanol–water partition coefficient (Wildman–Crippen LogP) is 2.02. The van der Waals surface area contributed by atoms with Crippen LogP contribution in [0, 0.1) is 0 Å². The highest BCUT2D eigenvalue weighted by Gasteiger charge is 2.32. The summed E-state index contributed by atoms with van der Waals surface area (Å²) in [7, 11) is 1.71. The van der Waals surface area contributed by atoms with Crippen LogP contribution in [0.25, 0.3) is 0 Å². The fraction of sp³-hybridized carbons (Fsp3) is 0.367. The van der Waals surface area contributed by atoms with Crippen molar-refractivity contribution in [3.63, 3.8) is 0 Å². The zero-order valence-electron chi connectivity index (χ0n) is 23.1. The van der Waals surface area contributed by atoms with Crippen molar-refractivity contribution in [2.24, 2.45) is 4.99 Å². The van der Waals surface area contributed by atoms with Crippen molar-refractivity contribution in [3.8, 4) is 5.75 Å². The molecule has 2 aromatic carbocycles. The Bertz CT molecular complexity index is 1440. The van der Waals surface area contributed by atoms with Crippen LogP contribution in [-0.4, -0.2) is 94.9 Å². The largest absolute Gasteiger partial charge is 0.489 e. The Morgan fingerprint density at radius 1 is 1.10 bits per heavy atom. The molecule has 41 heavy (non-hydrogen) atoms. The number of hydrogen-bond donors (Lipinski definition) is 2. The van der Waals surface area contributed by atoms with E-state index in [1.807, 2.05) is 60.9 Å². The van der Waals surface area contributed by atoms with E-state index in [4.69, 9.17) is 4.74 Å². The molecule has 0 saturated carbocycles. The Hall–Kier alpha value is -4.35. The molecular weight excluding hydrogens is 520 g/mol. The Morgan fingerprint density at radius 3 is 2.71 bits per heavy atom. The molecule has 0 radical (unpaired) electrons. The molecule has 11 nitrogen and oxygen atoms in total. The van der Waals surface area contributed by atoms with Gasteiger partial charge in [-0.3, -0.25) is 29.5 Å². The molecule has 0 spiro atoms. The van der Waals surface area contributed by atoms with Gasteiger partial charge in [-0.2, -0.15) is 0 Å². The summed E-state index contributed by atoms with van der Waals surface area (Å²) < 4.78 is 5.99. The molecule has 2 atom stereocenters. The lowest BCUT2D eigenvalue weighted by Gasteiger charge is -2.38. The van der Waals surface area contributed by atoms with Crippen LogP contribution in [0.2, 0.25) is 0 Å². The van der Waals surface area contributed by atoms with Gasteiger partial charge in [0.25, 0.3) is 11.8 Å². The maximum atomic E-state index is 13.4. The maximum absolute atomic E-state index is 13.4. The molecule has 3 aromatic rings. The molecule has 6 rings (SSSR count). The van der Waals surface area contributed by atoms with Crippen molar-refractivity contribution >= 4 is 23.7 Å². The Kier molecular flexibility index (Phi) is 7.88. The summed E-state index contributed by atoms with van der Waals surface area (Å²) in [6, 6.07) is 15.3. The van der Waals surface area contributed by atoms with Crippen LogP contribution in [0.5, 0.6) is 5.75 Å². The molecular formula is C30H34N8O3. The minimum atomic E-state index is -0.869. The minimum Gasteiger partial charge on any atom is -0.489 e. The predicted molar refractivity (Wildman–Crippen MR) is 155 cm³/mol. The number of aromatic amines is 1. The van der Waals surface area contributed by atoms with Crippen LogP contribution in [0.3, 0.4) is 0 Å². The van der Waals surface area contributed by atoms with Gasteiger partial charge in [-0.15, -0.1) is 5.10 Å². The van der Waals surface area contributed by atoms with Crippen LogP contribution >= 0.6 is 0 Å². The molecule has 3 aliphatic heterocycles. The van der Waals surface area contributed by atoms with Crippen molar-refractivity contribution < 1.29 is 14.3 Å². The van der Waals surface area contributed by atoms with Crippen molar-refractivity contribution in [2.75, 3.05) is 44.7 Å². The molecule has 2 amide bonds. The maximum Gasteiger partial charge on any atom is 0.291 e. The zero-order chi connectivity index (χ0) is 28.2. The summed E-state index contributed by atoms with van der Waals surface area (Å²) in [6.07, 6.45) is 7.55. The molecule has 1 fully saturated rings. The van der Waals surface area contributed by atoms with Crippen LogP contribution in [0.4, 0.5) is 5.69 Å². The van der Waals surface area contributed by atoms with Crippen molar-refractivity contribution in [1.29, 1.82) is 0 Å². The molecule has 1 aromatic heterocycles. The Balaban J connectivity index is 1.05. The van der Waals surface area contributed by atoms with Crippen LogP contribution in [0.15, 0.2) is 65.8 Å². The highest BCUT2D eigenvalue weighted by Crippen LogP contribution is 2.32. The van der Waals surface area contributed by atoms with Crippen LogP contribution < -0.4 is 15.0 Å². The SMILES string of the molecule is CN1C(=O)[C@H](NC(=O)c2n[nH]c(Cc3ccccc3)n2)COc2ccc(CN3CCN(C4C=CN=CC4)CC3)cc21. The average molecular weight is 555 g/mol. The van der Waals surface area contributed by atoms with Gasteiger partial charge < -0.3 is 15.0 Å². The summed E-state index contributed by atoms with van der Waals surface area (Å²) in [4.78, 5) is 41.3. The Labute approximate surface area is 238 Å². The fourth-order valence-corrected chi connectivity index (χ4v) is 5.47. The molecule has 11 heteroatoms. The average Bonchev–Trinajstić information content (AvgIpc) is 3.45. The van der Waals surface area contributed by atoms with E-state index in [0.717, 1.165) is 50.3 Å². The number of benzene rings is 2. The first kappa shape index (κ1) is 26.9. The molecule has 0 aliphatic carbocycles. The molecule has 1 unspecified atom stereocenters. The smallest absolute Gasteiger partial charge is 0.291 e. The third-order valence-corrected chi connectivity index (χ3v) is 7.80. The van der Waals surface area contributed by atoms with Gasteiger partial charge in [0.15, 0.2) is 0 Å². The van der Waals surface area contributed by atoms with E-state index in [0.29, 0.717) is 29.7 Å². The first-order chi connectivity index (χ1) is 20.0. The summed E-state index contributed by atoms with van der Waals surface area (Å²) >= 11 is 0. The number of anilines is 1. The molecule has 2 N–H and O–H groups in total. The number of ether oxygens (including phenoxy) is 1. The lowest BCUT2D eigenvalue weighted by atomic mass is 10.1. The zero-order valence-corrected chi connectivity index (χ0v) is 23.1. The van der Waals surface area contributed by atoms with Gasteiger partial charge in [0.05, 0.1) is 5.69 Å². The highest BCUT2D eigenvalue weighted by molar-refractivity contribution is 6.02. The van der Waals surface area contributed by atoms with Gasteiger partial charge in [-0.1, -0.05) is 36.4 Å². The van der Waals surface area contributed by atoms with Gasteiger partial charge in [-0.05, 0) is 29.3 Å². The Morgan fingerprint density at radius 2 is 1.93 bits per heavy atom. The summed E-state index contributed by atoms with van der Waals surface area (Å²) in [5.74, 6) is 0.386. The number of hydrogen-bond acceptors (Lipinski definition) is 8. The number of carbonyl (C=O) groups excluding carboxylic acids is 2. The second kappa shape index (κ2) is 12.0. The van der Waals surface area contributed by atoms with E-state index >= 15 is 0 Å². The monoisotopic (exact) mass is 554 g/mol. The summed E-state index contributed by atoms with van der Waals surface area (Å²) in [5, 5.41) is 9.62.